The lowest BCUT2D eigenvalue weighted by Crippen LogP contribution is -2.44. The maximum atomic E-state index is 12.1. The Bertz CT molecular complexity index is 474. The third kappa shape index (κ3) is 7.40. The predicted molar refractivity (Wildman–Crippen MR) is 105 cm³/mol. The molecule has 0 aromatic rings. The summed E-state index contributed by atoms with van der Waals surface area (Å²) < 4.78 is 0. The van der Waals surface area contributed by atoms with E-state index in [9.17, 15) is 19.4 Å². The van der Waals surface area contributed by atoms with Crippen LogP contribution in [0.15, 0.2) is 10.6 Å². The number of hydrogen-bond donors (Lipinski definition) is 2. The number of nitrogens with one attached hydrogen (secondary N) is 2. The van der Waals surface area contributed by atoms with Crippen molar-refractivity contribution >= 4 is 12.1 Å². The lowest BCUT2D eigenvalue weighted by molar-refractivity contribution is 0.182. The first kappa shape index (κ1) is 22.0. The molecule has 0 aromatic heterocycles. The number of nitrogens with zero attached hydrogens (tertiary/aromatic N) is 4. The maximum absolute atomic E-state index is 12.1. The van der Waals surface area contributed by atoms with E-state index in [0.29, 0.717) is 12.8 Å². The van der Waals surface area contributed by atoms with Crippen molar-refractivity contribution in [1.29, 1.82) is 0 Å². The van der Waals surface area contributed by atoms with Crippen molar-refractivity contribution in [3.05, 3.63) is 9.81 Å². The van der Waals surface area contributed by atoms with Gasteiger partial charge in [-0.05, 0) is 38.5 Å². The molecular formula is C18H32N6O4. The predicted octanol–water partition coefficient (Wildman–Crippen LogP) is 3.82. The van der Waals surface area contributed by atoms with Gasteiger partial charge in [-0.1, -0.05) is 38.5 Å². The van der Waals surface area contributed by atoms with Gasteiger partial charge in [-0.25, -0.2) is 9.59 Å². The van der Waals surface area contributed by atoms with Gasteiger partial charge in [0.2, 0.25) is 0 Å². The van der Waals surface area contributed by atoms with Gasteiger partial charge in [-0.3, -0.25) is 0 Å². The summed E-state index contributed by atoms with van der Waals surface area (Å²) in [5.74, 6) is 0. The fourth-order valence-electron chi connectivity index (χ4n) is 3.87. The summed E-state index contributed by atoms with van der Waals surface area (Å²) in [5, 5.41) is 13.0. The van der Waals surface area contributed by atoms with Crippen LogP contribution in [0.4, 0.5) is 9.59 Å². The summed E-state index contributed by atoms with van der Waals surface area (Å²) in [6.45, 7) is 0.276. The summed E-state index contributed by atoms with van der Waals surface area (Å²) in [6.07, 6.45) is 11.3. The number of amides is 4. The topological polar surface area (TPSA) is 124 Å². The van der Waals surface area contributed by atoms with Crippen LogP contribution in [0.2, 0.25) is 0 Å². The quantitative estimate of drug-likeness (QED) is 0.349. The minimum Gasteiger partial charge on any atom is -0.334 e. The van der Waals surface area contributed by atoms with E-state index in [-0.39, 0.29) is 25.2 Å². The highest BCUT2D eigenvalue weighted by molar-refractivity contribution is 5.74. The molecule has 0 radical (unpaired) electrons. The van der Waals surface area contributed by atoms with E-state index in [1.807, 2.05) is 0 Å². The molecule has 0 atom stereocenters. The number of carbonyl (C=O) groups is 2. The zero-order chi connectivity index (χ0) is 20.2. The fourth-order valence-corrected chi connectivity index (χ4v) is 3.87. The smallest absolute Gasteiger partial charge is 0.334 e. The normalized spacial score (nSPS) is 18.1. The number of rotatable bonds is 9. The molecule has 0 spiro atoms. The van der Waals surface area contributed by atoms with Crippen LogP contribution in [0.1, 0.15) is 77.0 Å². The van der Waals surface area contributed by atoms with E-state index < -0.39 is 12.1 Å². The molecule has 0 aliphatic heterocycles. The molecule has 2 saturated carbocycles. The van der Waals surface area contributed by atoms with E-state index in [2.05, 4.69) is 21.2 Å². The summed E-state index contributed by atoms with van der Waals surface area (Å²) in [4.78, 5) is 46.2. The van der Waals surface area contributed by atoms with Gasteiger partial charge in [-0.15, -0.1) is 9.81 Å². The van der Waals surface area contributed by atoms with Gasteiger partial charge < -0.3 is 10.6 Å². The van der Waals surface area contributed by atoms with Crippen LogP contribution in [0.3, 0.4) is 0 Å². The van der Waals surface area contributed by atoms with Crippen molar-refractivity contribution in [2.45, 2.75) is 89.1 Å². The zero-order valence-electron chi connectivity index (χ0n) is 16.5. The molecule has 2 rings (SSSR count). The molecular weight excluding hydrogens is 364 g/mol. The molecule has 2 aliphatic rings. The number of hydrogen-bond acceptors (Lipinski definition) is 6. The zero-order valence-corrected chi connectivity index (χ0v) is 16.5. The van der Waals surface area contributed by atoms with Crippen LogP contribution in [-0.2, 0) is 0 Å². The number of unbranched alkanes of at least 4 members (excludes halogenated alkanes) is 1. The molecule has 0 heterocycles. The van der Waals surface area contributed by atoms with E-state index in [1.165, 1.54) is 12.8 Å². The van der Waals surface area contributed by atoms with Crippen LogP contribution < -0.4 is 10.6 Å². The van der Waals surface area contributed by atoms with Crippen LogP contribution in [-0.4, -0.2) is 47.3 Å². The van der Waals surface area contributed by atoms with Crippen LogP contribution in [0.25, 0.3) is 0 Å². The summed E-state index contributed by atoms with van der Waals surface area (Å²) in [5.41, 5.74) is 0. The molecule has 0 bridgehead atoms. The van der Waals surface area contributed by atoms with Gasteiger partial charge >= 0.3 is 12.1 Å². The molecule has 2 N–H and O–H groups in total. The first-order valence-corrected chi connectivity index (χ1v) is 10.5. The second-order valence-electron chi connectivity index (χ2n) is 7.69. The fraction of sp³-hybridized carbons (Fsp3) is 0.889. The second-order valence-corrected chi connectivity index (χ2v) is 7.69. The molecule has 0 saturated heterocycles. The standard InChI is InChI=1S/C18H32N6O4/c25-17(19-15-9-3-1-4-10-15)23(21-27)13-7-8-14-24(22-28)18(26)20-16-11-5-2-6-12-16/h15-16H,1-14H2,(H,19,25)(H,20,26). The van der Waals surface area contributed by atoms with Crippen molar-refractivity contribution in [3.63, 3.8) is 0 Å². The Labute approximate surface area is 165 Å². The highest BCUT2D eigenvalue weighted by atomic mass is 16.3. The first-order chi connectivity index (χ1) is 13.6. The van der Waals surface area contributed by atoms with Crippen LogP contribution in [0.5, 0.6) is 0 Å². The minimum absolute atomic E-state index is 0.101. The van der Waals surface area contributed by atoms with Crippen molar-refractivity contribution in [3.8, 4) is 0 Å². The molecule has 2 fully saturated rings. The maximum Gasteiger partial charge on any atom is 0.340 e. The van der Waals surface area contributed by atoms with Crippen LogP contribution >= 0.6 is 0 Å². The summed E-state index contributed by atoms with van der Waals surface area (Å²) in [7, 11) is 0. The van der Waals surface area contributed by atoms with E-state index in [0.717, 1.165) is 61.4 Å². The molecule has 0 aromatic carbocycles. The van der Waals surface area contributed by atoms with Gasteiger partial charge in [0.1, 0.15) is 0 Å². The van der Waals surface area contributed by atoms with E-state index in [4.69, 9.17) is 0 Å². The lowest BCUT2D eigenvalue weighted by atomic mass is 9.96. The van der Waals surface area contributed by atoms with Crippen molar-refractivity contribution in [1.82, 2.24) is 20.7 Å². The first-order valence-electron chi connectivity index (χ1n) is 10.5. The van der Waals surface area contributed by atoms with Crippen molar-refractivity contribution < 1.29 is 9.59 Å². The van der Waals surface area contributed by atoms with Crippen LogP contribution in [0, 0.1) is 9.81 Å². The number of urea groups is 2. The summed E-state index contributed by atoms with van der Waals surface area (Å²) in [6, 6.07) is -0.767. The second kappa shape index (κ2) is 12.2. The Morgan fingerprint density at radius 3 is 1.36 bits per heavy atom. The van der Waals surface area contributed by atoms with Gasteiger partial charge in [0, 0.05) is 25.2 Å². The Morgan fingerprint density at radius 2 is 1.04 bits per heavy atom. The molecule has 2 aliphatic carbocycles. The number of carbonyl (C=O) groups excluding carboxylic acids is 2. The molecule has 4 amide bonds. The Kier molecular flexibility index (Phi) is 9.64. The average molecular weight is 396 g/mol. The molecule has 10 heteroatoms. The summed E-state index contributed by atoms with van der Waals surface area (Å²) >= 11 is 0. The molecule has 0 unspecified atom stereocenters. The van der Waals surface area contributed by atoms with E-state index in [1.54, 1.807) is 0 Å². The Hall–Kier alpha value is -2.26. The molecule has 10 nitrogen and oxygen atoms in total. The van der Waals surface area contributed by atoms with Gasteiger partial charge in [0.15, 0.2) is 0 Å². The Morgan fingerprint density at radius 1 is 0.679 bits per heavy atom. The third-order valence-corrected chi connectivity index (χ3v) is 5.52. The third-order valence-electron chi connectivity index (χ3n) is 5.52. The van der Waals surface area contributed by atoms with Crippen molar-refractivity contribution in [2.75, 3.05) is 13.1 Å². The monoisotopic (exact) mass is 396 g/mol. The highest BCUT2D eigenvalue weighted by Crippen LogP contribution is 2.18. The number of nitroso groups, excluding NO2 is 2. The van der Waals surface area contributed by atoms with Gasteiger partial charge in [0.05, 0.1) is 10.6 Å². The Balaban J connectivity index is 1.66. The molecule has 158 valence electrons. The van der Waals surface area contributed by atoms with Crippen molar-refractivity contribution in [2.24, 2.45) is 10.6 Å². The van der Waals surface area contributed by atoms with Gasteiger partial charge in [0.25, 0.3) is 0 Å². The lowest BCUT2D eigenvalue weighted by Gasteiger charge is -2.25. The SMILES string of the molecule is O=NN(CCCCN(N=O)C(=O)NC1CCCCC1)C(=O)NC1CCCCC1. The minimum atomic E-state index is -0.484. The van der Waals surface area contributed by atoms with E-state index >= 15 is 0 Å². The largest absolute Gasteiger partial charge is 0.340 e. The highest BCUT2D eigenvalue weighted by Gasteiger charge is 2.22. The molecule has 28 heavy (non-hydrogen) atoms. The van der Waals surface area contributed by atoms with Gasteiger partial charge in [-0.2, -0.15) is 10.0 Å². The average Bonchev–Trinajstić information content (AvgIpc) is 2.72.